The van der Waals surface area contributed by atoms with Crippen LogP contribution in [0.4, 0.5) is 0 Å². The lowest BCUT2D eigenvalue weighted by atomic mass is 9.94. The lowest BCUT2D eigenvalue weighted by Crippen LogP contribution is -2.49. The topological polar surface area (TPSA) is 24.9 Å². The fourth-order valence-corrected chi connectivity index (χ4v) is 2.36. The number of rotatable bonds is 1. The van der Waals surface area contributed by atoms with Crippen LogP contribution in [0.3, 0.4) is 0 Å². The van der Waals surface area contributed by atoms with Crippen molar-refractivity contribution in [3.05, 3.63) is 35.1 Å². The van der Waals surface area contributed by atoms with Gasteiger partial charge in [-0.15, -0.1) is 0 Å². The minimum absolute atomic E-state index is 0.601. The molecule has 1 aromatic rings. The highest BCUT2D eigenvalue weighted by molar-refractivity contribution is 6.30. The minimum Gasteiger partial charge on any atom is -0.310 e. The molecule has 1 fully saturated rings. The van der Waals surface area contributed by atoms with Gasteiger partial charge in [-0.2, -0.15) is 0 Å². The number of hydrogen-bond acceptors (Lipinski definition) is 2. The molecule has 1 aromatic heterocycles. The first kappa shape index (κ1) is 8.45. The van der Waals surface area contributed by atoms with E-state index in [2.05, 4.69) is 16.4 Å². The SMILES string of the molecule is Clc1cncc(C2=C[C@H]3NC[C@H]3C2)c1. The molecular formula is C11H11ClN2. The summed E-state index contributed by atoms with van der Waals surface area (Å²) in [4.78, 5) is 4.11. The molecule has 0 amide bonds. The van der Waals surface area contributed by atoms with Gasteiger partial charge in [0.15, 0.2) is 0 Å². The van der Waals surface area contributed by atoms with E-state index >= 15 is 0 Å². The molecule has 14 heavy (non-hydrogen) atoms. The van der Waals surface area contributed by atoms with Crippen LogP contribution in [0.5, 0.6) is 0 Å². The molecular weight excluding hydrogens is 196 g/mol. The number of pyridine rings is 1. The van der Waals surface area contributed by atoms with Gasteiger partial charge in [0.25, 0.3) is 0 Å². The molecule has 3 heteroatoms. The quantitative estimate of drug-likeness (QED) is 0.762. The molecule has 2 aliphatic rings. The van der Waals surface area contributed by atoms with E-state index in [0.29, 0.717) is 6.04 Å². The Hall–Kier alpha value is -0.860. The summed E-state index contributed by atoms with van der Waals surface area (Å²) in [5, 5.41) is 4.11. The van der Waals surface area contributed by atoms with Crippen LogP contribution in [0.1, 0.15) is 12.0 Å². The third-order valence-corrected chi connectivity index (χ3v) is 3.27. The summed E-state index contributed by atoms with van der Waals surface area (Å²) in [5.41, 5.74) is 2.56. The molecule has 0 unspecified atom stereocenters. The fourth-order valence-electron chi connectivity index (χ4n) is 2.18. The number of nitrogens with one attached hydrogen (secondary N) is 1. The predicted molar refractivity (Wildman–Crippen MR) is 57.1 cm³/mol. The standard InChI is InChI=1S/C11H11ClN2/c12-10-2-8(4-13-6-10)7-1-9-5-14-11(9)3-7/h2-4,6,9,11,14H,1,5H2/t9-,11-/m1/s1. The number of hydrogen-bond donors (Lipinski definition) is 1. The maximum atomic E-state index is 5.91. The number of nitrogens with zero attached hydrogens (tertiary/aromatic N) is 1. The van der Waals surface area contributed by atoms with E-state index in [0.717, 1.165) is 17.5 Å². The molecule has 2 heterocycles. The van der Waals surface area contributed by atoms with Crippen LogP contribution in [-0.2, 0) is 0 Å². The maximum Gasteiger partial charge on any atom is 0.0595 e. The van der Waals surface area contributed by atoms with Crippen molar-refractivity contribution in [1.82, 2.24) is 10.3 Å². The highest BCUT2D eigenvalue weighted by Gasteiger charge is 2.34. The van der Waals surface area contributed by atoms with Gasteiger partial charge in [0.2, 0.25) is 0 Å². The van der Waals surface area contributed by atoms with E-state index in [1.807, 2.05) is 12.3 Å². The average molecular weight is 207 g/mol. The Labute approximate surface area is 88.0 Å². The van der Waals surface area contributed by atoms with Crippen LogP contribution in [0.15, 0.2) is 24.5 Å². The third-order valence-electron chi connectivity index (χ3n) is 3.06. The van der Waals surface area contributed by atoms with Crippen LogP contribution in [0, 0.1) is 5.92 Å². The zero-order chi connectivity index (χ0) is 9.54. The molecule has 0 saturated carbocycles. The molecule has 0 bridgehead atoms. The molecule has 0 radical (unpaired) electrons. The van der Waals surface area contributed by atoms with Gasteiger partial charge < -0.3 is 5.32 Å². The Morgan fingerprint density at radius 1 is 1.43 bits per heavy atom. The summed E-state index contributed by atoms with van der Waals surface area (Å²) in [6.07, 6.45) is 7.04. The first-order chi connectivity index (χ1) is 6.83. The second-order valence-electron chi connectivity index (χ2n) is 3.98. The van der Waals surface area contributed by atoms with Gasteiger partial charge in [-0.05, 0) is 29.5 Å². The molecule has 2 nitrogen and oxygen atoms in total. The average Bonchev–Trinajstić information content (AvgIpc) is 2.43. The summed E-state index contributed by atoms with van der Waals surface area (Å²) in [6, 6.07) is 2.59. The van der Waals surface area contributed by atoms with Gasteiger partial charge in [0.1, 0.15) is 0 Å². The molecule has 1 N–H and O–H groups in total. The van der Waals surface area contributed by atoms with Crippen molar-refractivity contribution in [2.45, 2.75) is 12.5 Å². The van der Waals surface area contributed by atoms with Crippen LogP contribution in [-0.4, -0.2) is 17.6 Å². The van der Waals surface area contributed by atoms with E-state index < -0.39 is 0 Å². The van der Waals surface area contributed by atoms with Crippen molar-refractivity contribution in [3.8, 4) is 0 Å². The molecule has 72 valence electrons. The Morgan fingerprint density at radius 2 is 2.36 bits per heavy atom. The second kappa shape index (κ2) is 3.07. The van der Waals surface area contributed by atoms with Crippen LogP contribution in [0.25, 0.3) is 5.57 Å². The van der Waals surface area contributed by atoms with Crippen molar-refractivity contribution in [3.63, 3.8) is 0 Å². The van der Waals surface area contributed by atoms with Crippen molar-refractivity contribution in [2.24, 2.45) is 5.92 Å². The van der Waals surface area contributed by atoms with Gasteiger partial charge >= 0.3 is 0 Å². The summed E-state index contributed by atoms with van der Waals surface area (Å²) in [7, 11) is 0. The Kier molecular flexibility index (Phi) is 1.85. The lowest BCUT2D eigenvalue weighted by Gasteiger charge is -2.31. The molecule has 1 saturated heterocycles. The van der Waals surface area contributed by atoms with Crippen molar-refractivity contribution in [1.29, 1.82) is 0 Å². The van der Waals surface area contributed by atoms with Crippen molar-refractivity contribution in [2.75, 3.05) is 6.54 Å². The molecule has 1 aliphatic carbocycles. The molecule has 2 atom stereocenters. The largest absolute Gasteiger partial charge is 0.310 e. The molecule has 0 aromatic carbocycles. The normalized spacial score (nSPS) is 29.4. The Balaban J connectivity index is 1.92. The zero-order valence-electron chi connectivity index (χ0n) is 7.70. The van der Waals surface area contributed by atoms with Crippen LogP contribution < -0.4 is 5.32 Å². The van der Waals surface area contributed by atoms with Gasteiger partial charge in [0.05, 0.1) is 5.02 Å². The van der Waals surface area contributed by atoms with Gasteiger partial charge in [-0.3, -0.25) is 4.98 Å². The Bertz CT molecular complexity index is 400. The summed E-state index contributed by atoms with van der Waals surface area (Å²) >= 11 is 5.91. The van der Waals surface area contributed by atoms with E-state index in [1.165, 1.54) is 17.6 Å². The van der Waals surface area contributed by atoms with Gasteiger partial charge in [0, 0.05) is 25.0 Å². The van der Waals surface area contributed by atoms with E-state index in [-0.39, 0.29) is 0 Å². The Morgan fingerprint density at radius 3 is 2.93 bits per heavy atom. The molecule has 1 aliphatic heterocycles. The van der Waals surface area contributed by atoms with E-state index in [4.69, 9.17) is 11.6 Å². The van der Waals surface area contributed by atoms with Gasteiger partial charge in [-0.25, -0.2) is 0 Å². The fraction of sp³-hybridized carbons (Fsp3) is 0.364. The second-order valence-corrected chi connectivity index (χ2v) is 4.42. The van der Waals surface area contributed by atoms with Crippen LogP contribution >= 0.6 is 11.6 Å². The predicted octanol–water partition coefficient (Wildman–Crippen LogP) is 2.11. The number of aromatic nitrogens is 1. The molecule has 0 spiro atoms. The third kappa shape index (κ3) is 1.26. The first-order valence-corrected chi connectivity index (χ1v) is 5.26. The van der Waals surface area contributed by atoms with Crippen molar-refractivity contribution < 1.29 is 0 Å². The summed E-state index contributed by atoms with van der Waals surface area (Å²) in [5.74, 6) is 0.809. The zero-order valence-corrected chi connectivity index (χ0v) is 8.46. The van der Waals surface area contributed by atoms with Gasteiger partial charge in [-0.1, -0.05) is 17.7 Å². The highest BCUT2D eigenvalue weighted by Crippen LogP contribution is 2.36. The summed E-state index contributed by atoms with van der Waals surface area (Å²) in [6.45, 7) is 1.15. The number of halogens is 1. The molecule has 3 rings (SSSR count). The van der Waals surface area contributed by atoms with Crippen molar-refractivity contribution >= 4 is 17.2 Å². The smallest absolute Gasteiger partial charge is 0.0595 e. The minimum atomic E-state index is 0.601. The lowest BCUT2D eigenvalue weighted by molar-refractivity contribution is 0.301. The monoisotopic (exact) mass is 206 g/mol. The summed E-state index contributed by atoms with van der Waals surface area (Å²) < 4.78 is 0. The number of allylic oxidation sites excluding steroid dienone is 1. The van der Waals surface area contributed by atoms with E-state index in [1.54, 1.807) is 6.20 Å². The maximum absolute atomic E-state index is 5.91. The first-order valence-electron chi connectivity index (χ1n) is 4.88. The van der Waals surface area contributed by atoms with E-state index in [9.17, 15) is 0 Å². The van der Waals surface area contributed by atoms with Crippen LogP contribution in [0.2, 0.25) is 5.02 Å². The number of fused-ring (bicyclic) bond motifs is 1. The highest BCUT2D eigenvalue weighted by atomic mass is 35.5.